The summed E-state index contributed by atoms with van der Waals surface area (Å²) in [7, 11) is 0. The van der Waals surface area contributed by atoms with Crippen LogP contribution in [0.3, 0.4) is 0 Å². The molecule has 0 bridgehead atoms. The maximum Gasteiger partial charge on any atom is 0.308 e. The van der Waals surface area contributed by atoms with Crippen LogP contribution in [0.1, 0.15) is 94.8 Å². The van der Waals surface area contributed by atoms with Gasteiger partial charge in [-0.3, -0.25) is 19.7 Å². The molecule has 1 atom stereocenters. The summed E-state index contributed by atoms with van der Waals surface area (Å²) in [5, 5.41) is 5.55. The quantitative estimate of drug-likeness (QED) is 0.180. The van der Waals surface area contributed by atoms with Crippen molar-refractivity contribution < 1.29 is 23.9 Å². The van der Waals surface area contributed by atoms with E-state index in [1.165, 1.54) is 44.9 Å². The van der Waals surface area contributed by atoms with Crippen LogP contribution >= 0.6 is 12.2 Å². The van der Waals surface area contributed by atoms with Gasteiger partial charge in [-0.05, 0) is 37.7 Å². The van der Waals surface area contributed by atoms with Crippen molar-refractivity contribution in [3.05, 3.63) is 29.8 Å². The molecule has 1 aliphatic heterocycles. The molecular weight excluding hydrogens is 490 g/mol. The molecule has 37 heavy (non-hydrogen) atoms. The number of ether oxygens (including phenoxy) is 2. The first kappa shape index (κ1) is 30.5. The number of esters is 1. The number of benzene rings is 1. The molecule has 1 aromatic carbocycles. The van der Waals surface area contributed by atoms with Gasteiger partial charge in [0.25, 0.3) is 5.91 Å². The minimum atomic E-state index is -0.830. The van der Waals surface area contributed by atoms with Gasteiger partial charge < -0.3 is 19.7 Å². The maximum absolute atomic E-state index is 12.8. The van der Waals surface area contributed by atoms with Gasteiger partial charge in [0, 0.05) is 13.1 Å². The number of unbranched alkanes of at least 4 members (excludes halogenated alkanes) is 9. The zero-order chi connectivity index (χ0) is 26.9. The molecule has 1 heterocycles. The molecule has 1 saturated heterocycles. The lowest BCUT2D eigenvalue weighted by atomic mass is 10.1. The normalized spacial score (nSPS) is 15.1. The molecule has 1 aromatic rings. The number of nitrogens with zero attached hydrogens (tertiary/aromatic N) is 1. The highest BCUT2D eigenvalue weighted by Gasteiger charge is 2.34. The molecule has 9 heteroatoms. The first-order valence-corrected chi connectivity index (χ1v) is 14.2. The summed E-state index contributed by atoms with van der Waals surface area (Å²) >= 11 is 5.45. The molecule has 1 fully saturated rings. The van der Waals surface area contributed by atoms with E-state index in [1.54, 1.807) is 29.2 Å². The van der Waals surface area contributed by atoms with E-state index >= 15 is 0 Å². The lowest BCUT2D eigenvalue weighted by Gasteiger charge is -2.36. The average molecular weight is 534 g/mol. The van der Waals surface area contributed by atoms with E-state index in [2.05, 4.69) is 17.6 Å². The summed E-state index contributed by atoms with van der Waals surface area (Å²) in [5.74, 6) is -0.733. The van der Waals surface area contributed by atoms with Gasteiger partial charge in [0.2, 0.25) is 5.91 Å². The number of hydrogen-bond acceptors (Lipinski definition) is 6. The zero-order valence-electron chi connectivity index (χ0n) is 22.4. The third kappa shape index (κ3) is 11.1. The van der Waals surface area contributed by atoms with E-state index in [1.807, 2.05) is 6.92 Å². The van der Waals surface area contributed by atoms with Gasteiger partial charge in [0.15, 0.2) is 5.11 Å². The predicted molar refractivity (Wildman–Crippen MR) is 149 cm³/mol. The van der Waals surface area contributed by atoms with Gasteiger partial charge in [-0.2, -0.15) is 0 Å². The minimum absolute atomic E-state index is 0.0960. The molecule has 0 radical (unpaired) electrons. The smallest absolute Gasteiger partial charge is 0.308 e. The SMILES string of the molecule is CCCCCCCCCCCCOC(=O)CC1C(=O)NCCN1C(=S)NC(=O)c1ccccc1OCC. The Morgan fingerprint density at radius 2 is 1.68 bits per heavy atom. The van der Waals surface area contributed by atoms with Gasteiger partial charge in [-0.15, -0.1) is 0 Å². The topological polar surface area (TPSA) is 97.0 Å². The lowest BCUT2D eigenvalue weighted by Crippen LogP contribution is -2.60. The average Bonchev–Trinajstić information content (AvgIpc) is 2.89. The summed E-state index contributed by atoms with van der Waals surface area (Å²) in [4.78, 5) is 39.4. The van der Waals surface area contributed by atoms with Crippen LogP contribution in [-0.4, -0.2) is 60.1 Å². The highest BCUT2D eigenvalue weighted by molar-refractivity contribution is 7.80. The van der Waals surface area contributed by atoms with E-state index in [0.717, 1.165) is 19.3 Å². The number of rotatable bonds is 16. The molecule has 1 aliphatic rings. The van der Waals surface area contributed by atoms with Crippen molar-refractivity contribution in [3.8, 4) is 5.75 Å². The van der Waals surface area contributed by atoms with Crippen molar-refractivity contribution in [2.24, 2.45) is 0 Å². The highest BCUT2D eigenvalue weighted by atomic mass is 32.1. The summed E-state index contributed by atoms with van der Waals surface area (Å²) in [6, 6.07) is 6.05. The summed E-state index contributed by atoms with van der Waals surface area (Å²) < 4.78 is 10.9. The van der Waals surface area contributed by atoms with Crippen molar-refractivity contribution in [2.75, 3.05) is 26.3 Å². The molecule has 2 N–H and O–H groups in total. The molecule has 0 saturated carbocycles. The van der Waals surface area contributed by atoms with Gasteiger partial charge in [-0.25, -0.2) is 0 Å². The fourth-order valence-electron chi connectivity index (χ4n) is 4.32. The first-order chi connectivity index (χ1) is 18.0. The Labute approximate surface area is 226 Å². The van der Waals surface area contributed by atoms with Crippen molar-refractivity contribution in [1.82, 2.24) is 15.5 Å². The van der Waals surface area contributed by atoms with E-state index < -0.39 is 17.9 Å². The number of carbonyl (C=O) groups is 3. The van der Waals surface area contributed by atoms with Crippen LogP contribution in [0.25, 0.3) is 0 Å². The number of nitrogens with one attached hydrogen (secondary N) is 2. The fourth-order valence-corrected chi connectivity index (χ4v) is 4.64. The lowest BCUT2D eigenvalue weighted by molar-refractivity contribution is -0.147. The molecule has 0 spiro atoms. The maximum atomic E-state index is 12.8. The fraction of sp³-hybridized carbons (Fsp3) is 0.643. The van der Waals surface area contributed by atoms with Gasteiger partial charge in [0.1, 0.15) is 11.8 Å². The predicted octanol–water partition coefficient (Wildman–Crippen LogP) is 4.75. The second kappa shape index (κ2) is 17.7. The monoisotopic (exact) mass is 533 g/mol. The van der Waals surface area contributed by atoms with Crippen LogP contribution in [0.15, 0.2) is 24.3 Å². The first-order valence-electron chi connectivity index (χ1n) is 13.7. The van der Waals surface area contributed by atoms with Crippen LogP contribution in [-0.2, 0) is 14.3 Å². The van der Waals surface area contributed by atoms with Crippen LogP contribution in [0.2, 0.25) is 0 Å². The van der Waals surface area contributed by atoms with Crippen LogP contribution in [0.5, 0.6) is 5.75 Å². The number of para-hydroxylation sites is 1. The Kier molecular flexibility index (Phi) is 14.6. The standard InChI is InChI=1S/C28H43N3O5S/c1-3-5-6-7-8-9-10-11-12-15-20-36-25(32)21-23-27(34)29-18-19-31(23)28(37)30-26(33)22-16-13-14-17-24(22)35-4-2/h13-14,16-17,23H,3-12,15,18-21H2,1-2H3,(H,29,34)(H,30,33,37). The summed E-state index contributed by atoms with van der Waals surface area (Å²) in [5.41, 5.74) is 0.348. The van der Waals surface area contributed by atoms with Crippen LogP contribution in [0, 0.1) is 0 Å². The van der Waals surface area contributed by atoms with Gasteiger partial charge in [0.05, 0.1) is 25.2 Å². The molecule has 0 aliphatic carbocycles. The van der Waals surface area contributed by atoms with E-state index in [4.69, 9.17) is 21.7 Å². The number of carbonyl (C=O) groups excluding carboxylic acids is 3. The van der Waals surface area contributed by atoms with E-state index in [-0.39, 0.29) is 17.4 Å². The van der Waals surface area contributed by atoms with Crippen molar-refractivity contribution in [2.45, 2.75) is 90.5 Å². The van der Waals surface area contributed by atoms with Crippen molar-refractivity contribution in [1.29, 1.82) is 0 Å². The molecule has 206 valence electrons. The Morgan fingerprint density at radius 1 is 1.03 bits per heavy atom. The zero-order valence-corrected chi connectivity index (χ0v) is 23.2. The molecule has 0 aromatic heterocycles. The summed E-state index contributed by atoms with van der Waals surface area (Å²) in [6.07, 6.45) is 11.9. The van der Waals surface area contributed by atoms with Gasteiger partial charge >= 0.3 is 5.97 Å². The third-order valence-electron chi connectivity index (χ3n) is 6.36. The molecular formula is C28H43N3O5S. The van der Waals surface area contributed by atoms with E-state index in [9.17, 15) is 14.4 Å². The Bertz CT molecular complexity index is 879. The van der Waals surface area contributed by atoms with Crippen molar-refractivity contribution in [3.63, 3.8) is 0 Å². The number of thiocarbonyl (C=S) groups is 1. The van der Waals surface area contributed by atoms with Crippen LogP contribution < -0.4 is 15.4 Å². The Balaban J connectivity index is 1.75. The van der Waals surface area contributed by atoms with E-state index in [0.29, 0.717) is 37.6 Å². The number of hydrogen-bond donors (Lipinski definition) is 2. The highest BCUT2D eigenvalue weighted by Crippen LogP contribution is 2.18. The Hall–Kier alpha value is -2.68. The molecule has 8 nitrogen and oxygen atoms in total. The number of piperazine rings is 1. The van der Waals surface area contributed by atoms with Gasteiger partial charge in [-0.1, -0.05) is 76.8 Å². The summed E-state index contributed by atoms with van der Waals surface area (Å²) in [6.45, 7) is 5.59. The van der Waals surface area contributed by atoms with Crippen molar-refractivity contribution >= 4 is 35.1 Å². The molecule has 2 rings (SSSR count). The molecule has 2 amide bonds. The second-order valence-electron chi connectivity index (χ2n) is 9.30. The third-order valence-corrected chi connectivity index (χ3v) is 6.70. The largest absolute Gasteiger partial charge is 0.493 e. The molecule has 1 unspecified atom stereocenters. The number of amides is 2. The second-order valence-corrected chi connectivity index (χ2v) is 9.68. The van der Waals surface area contributed by atoms with Crippen LogP contribution in [0.4, 0.5) is 0 Å². The minimum Gasteiger partial charge on any atom is -0.493 e. The Morgan fingerprint density at radius 3 is 2.35 bits per heavy atom.